The van der Waals surface area contributed by atoms with Gasteiger partial charge in [-0.3, -0.25) is 4.79 Å². The second-order valence-corrected chi connectivity index (χ2v) is 3.54. The van der Waals surface area contributed by atoms with Gasteiger partial charge in [0.25, 0.3) is 5.91 Å². The minimum Gasteiger partial charge on any atom is -0.439 e. The molecule has 2 rings (SSSR count). The second kappa shape index (κ2) is 4.70. The molecule has 18 heavy (non-hydrogen) atoms. The predicted molar refractivity (Wildman–Crippen MR) is 63.6 cm³/mol. The summed E-state index contributed by atoms with van der Waals surface area (Å²) in [4.78, 5) is 14.7. The van der Waals surface area contributed by atoms with Gasteiger partial charge in [0, 0.05) is 12.1 Å². The van der Waals surface area contributed by atoms with Gasteiger partial charge in [0.1, 0.15) is 11.6 Å². The van der Waals surface area contributed by atoms with Crippen LogP contribution in [0.4, 0.5) is 10.1 Å². The van der Waals surface area contributed by atoms with E-state index in [0.29, 0.717) is 5.69 Å². The molecule has 1 amide bonds. The number of ether oxygens (including phenoxy) is 1. The van der Waals surface area contributed by atoms with Crippen LogP contribution in [0, 0.1) is 5.82 Å². The van der Waals surface area contributed by atoms with Gasteiger partial charge in [-0.25, -0.2) is 9.37 Å². The Kier molecular flexibility index (Phi) is 3.09. The van der Waals surface area contributed by atoms with E-state index in [0.717, 1.165) is 6.07 Å². The minimum absolute atomic E-state index is 0.187. The van der Waals surface area contributed by atoms with Crippen LogP contribution in [0.1, 0.15) is 10.4 Å². The van der Waals surface area contributed by atoms with Crippen molar-refractivity contribution in [2.24, 2.45) is 5.73 Å². The third kappa shape index (κ3) is 2.54. The number of carbonyl (C=O) groups is 1. The highest BCUT2D eigenvalue weighted by molar-refractivity contribution is 5.93. The third-order valence-electron chi connectivity index (χ3n) is 2.19. The van der Waals surface area contributed by atoms with Crippen LogP contribution in [0.15, 0.2) is 36.5 Å². The number of carbonyl (C=O) groups excluding carboxylic acids is 1. The monoisotopic (exact) mass is 247 g/mol. The minimum atomic E-state index is -0.829. The highest BCUT2D eigenvalue weighted by Crippen LogP contribution is 2.22. The highest BCUT2D eigenvalue weighted by Gasteiger charge is 2.09. The van der Waals surface area contributed by atoms with Crippen molar-refractivity contribution in [1.82, 2.24) is 4.98 Å². The van der Waals surface area contributed by atoms with Crippen molar-refractivity contribution in [1.29, 1.82) is 0 Å². The molecule has 0 saturated carbocycles. The van der Waals surface area contributed by atoms with Crippen molar-refractivity contribution in [2.45, 2.75) is 0 Å². The van der Waals surface area contributed by atoms with Crippen LogP contribution in [0.25, 0.3) is 0 Å². The fraction of sp³-hybridized carbons (Fsp3) is 0. The van der Waals surface area contributed by atoms with Crippen molar-refractivity contribution in [2.75, 3.05) is 5.73 Å². The Labute approximate surface area is 102 Å². The Hall–Kier alpha value is -2.63. The molecule has 0 aliphatic rings. The van der Waals surface area contributed by atoms with Gasteiger partial charge in [0.15, 0.2) is 0 Å². The normalized spacial score (nSPS) is 10.1. The van der Waals surface area contributed by atoms with Gasteiger partial charge in [-0.2, -0.15) is 0 Å². The van der Waals surface area contributed by atoms with Gasteiger partial charge in [-0.05, 0) is 18.2 Å². The Morgan fingerprint density at radius 1 is 1.28 bits per heavy atom. The lowest BCUT2D eigenvalue weighted by molar-refractivity contribution is 0.0996. The van der Waals surface area contributed by atoms with Crippen LogP contribution in [-0.4, -0.2) is 10.9 Å². The number of hydrogen-bond donors (Lipinski definition) is 2. The number of anilines is 1. The number of rotatable bonds is 3. The highest BCUT2D eigenvalue weighted by atomic mass is 19.1. The quantitative estimate of drug-likeness (QED) is 0.863. The first kappa shape index (κ1) is 11.8. The molecule has 0 aliphatic carbocycles. The summed E-state index contributed by atoms with van der Waals surface area (Å²) < 4.78 is 18.7. The van der Waals surface area contributed by atoms with E-state index in [4.69, 9.17) is 16.2 Å². The van der Waals surface area contributed by atoms with Crippen molar-refractivity contribution in [3.8, 4) is 11.6 Å². The zero-order chi connectivity index (χ0) is 13.1. The lowest BCUT2D eigenvalue weighted by atomic mass is 10.2. The zero-order valence-corrected chi connectivity index (χ0v) is 9.26. The lowest BCUT2D eigenvalue weighted by Crippen LogP contribution is -2.12. The molecule has 0 fully saturated rings. The summed E-state index contributed by atoms with van der Waals surface area (Å²) in [6.07, 6.45) is 1.42. The van der Waals surface area contributed by atoms with Crippen molar-refractivity contribution < 1.29 is 13.9 Å². The summed E-state index contributed by atoms with van der Waals surface area (Å²) in [5.41, 5.74) is 10.8. The third-order valence-corrected chi connectivity index (χ3v) is 2.19. The molecule has 0 atom stereocenters. The zero-order valence-electron chi connectivity index (χ0n) is 9.26. The molecule has 1 aromatic carbocycles. The molecule has 92 valence electrons. The first-order valence-corrected chi connectivity index (χ1v) is 5.05. The van der Waals surface area contributed by atoms with E-state index in [9.17, 15) is 9.18 Å². The molecule has 4 N–H and O–H groups in total. The van der Waals surface area contributed by atoms with Crippen LogP contribution in [0.3, 0.4) is 0 Å². The summed E-state index contributed by atoms with van der Waals surface area (Å²) in [7, 11) is 0. The summed E-state index contributed by atoms with van der Waals surface area (Å²) >= 11 is 0. The molecule has 6 heteroatoms. The molecule has 0 saturated heterocycles. The fourth-order valence-electron chi connectivity index (χ4n) is 1.33. The van der Waals surface area contributed by atoms with Crippen LogP contribution in [0.2, 0.25) is 0 Å². The van der Waals surface area contributed by atoms with E-state index in [1.165, 1.54) is 18.3 Å². The van der Waals surface area contributed by atoms with Crippen LogP contribution >= 0.6 is 0 Å². The number of primary amides is 1. The molecule has 1 aromatic heterocycles. The number of hydrogen-bond acceptors (Lipinski definition) is 4. The van der Waals surface area contributed by atoms with Crippen LogP contribution < -0.4 is 16.2 Å². The molecule has 0 bridgehead atoms. The number of amides is 1. The first-order chi connectivity index (χ1) is 8.56. The predicted octanol–water partition coefficient (Wildman–Crippen LogP) is 1.69. The molecular weight excluding hydrogens is 237 g/mol. The molecule has 0 unspecified atom stereocenters. The summed E-state index contributed by atoms with van der Waals surface area (Å²) in [6, 6.07) is 6.91. The van der Waals surface area contributed by atoms with Gasteiger partial charge >= 0.3 is 0 Å². The molecule has 0 spiro atoms. The average Bonchev–Trinajstić information content (AvgIpc) is 2.32. The molecule has 1 heterocycles. The van der Waals surface area contributed by atoms with Gasteiger partial charge in [0.05, 0.1) is 17.4 Å². The molecule has 2 aromatic rings. The van der Waals surface area contributed by atoms with E-state index in [-0.39, 0.29) is 17.2 Å². The standard InChI is InChI=1S/C12H10FN3O2/c13-10-5-8(2-3-9(10)12(15)17)18-11-4-1-7(14)6-16-11/h1-6H,14H2,(H2,15,17). The maximum atomic E-state index is 13.4. The Bertz CT molecular complexity index is 584. The number of nitrogens with two attached hydrogens (primary N) is 2. The smallest absolute Gasteiger partial charge is 0.251 e. The summed E-state index contributed by atoms with van der Waals surface area (Å²) in [5, 5.41) is 0. The number of benzene rings is 1. The number of halogens is 1. The molecule has 5 nitrogen and oxygen atoms in total. The van der Waals surface area contributed by atoms with Gasteiger partial charge in [-0.1, -0.05) is 0 Å². The van der Waals surface area contributed by atoms with Crippen molar-refractivity contribution in [3.05, 3.63) is 47.9 Å². The molecule has 0 radical (unpaired) electrons. The molecule has 0 aliphatic heterocycles. The topological polar surface area (TPSA) is 91.2 Å². The molecular formula is C12H10FN3O2. The maximum absolute atomic E-state index is 13.4. The Morgan fingerprint density at radius 2 is 2.06 bits per heavy atom. The number of nitrogens with zero attached hydrogens (tertiary/aromatic N) is 1. The maximum Gasteiger partial charge on any atom is 0.251 e. The van der Waals surface area contributed by atoms with E-state index in [1.54, 1.807) is 12.1 Å². The van der Waals surface area contributed by atoms with Gasteiger partial charge in [0.2, 0.25) is 5.88 Å². The van der Waals surface area contributed by atoms with Gasteiger partial charge in [-0.15, -0.1) is 0 Å². The number of pyridine rings is 1. The van der Waals surface area contributed by atoms with E-state index in [1.807, 2.05) is 0 Å². The van der Waals surface area contributed by atoms with Crippen LogP contribution in [-0.2, 0) is 0 Å². The SMILES string of the molecule is NC(=O)c1ccc(Oc2ccc(N)cn2)cc1F. The van der Waals surface area contributed by atoms with Crippen molar-refractivity contribution in [3.63, 3.8) is 0 Å². The lowest BCUT2D eigenvalue weighted by Gasteiger charge is -2.06. The number of nitrogen functional groups attached to an aromatic ring is 1. The Balaban J connectivity index is 2.22. The second-order valence-electron chi connectivity index (χ2n) is 3.54. The largest absolute Gasteiger partial charge is 0.439 e. The average molecular weight is 247 g/mol. The van der Waals surface area contributed by atoms with Crippen LogP contribution in [0.5, 0.6) is 11.6 Å². The summed E-state index contributed by atoms with van der Waals surface area (Å²) in [6.45, 7) is 0. The van der Waals surface area contributed by atoms with E-state index < -0.39 is 11.7 Å². The number of aromatic nitrogens is 1. The summed E-state index contributed by atoms with van der Waals surface area (Å²) in [5.74, 6) is -1.08. The van der Waals surface area contributed by atoms with Gasteiger partial charge < -0.3 is 16.2 Å². The van der Waals surface area contributed by atoms with E-state index >= 15 is 0 Å². The fourth-order valence-corrected chi connectivity index (χ4v) is 1.33. The first-order valence-electron chi connectivity index (χ1n) is 5.05. The van der Waals surface area contributed by atoms with E-state index in [2.05, 4.69) is 4.98 Å². The Morgan fingerprint density at radius 3 is 2.61 bits per heavy atom. The van der Waals surface area contributed by atoms with Crippen molar-refractivity contribution >= 4 is 11.6 Å².